The van der Waals surface area contributed by atoms with Crippen molar-refractivity contribution in [3.63, 3.8) is 0 Å². The van der Waals surface area contributed by atoms with Gasteiger partial charge in [0.2, 0.25) is 0 Å². The van der Waals surface area contributed by atoms with E-state index < -0.39 is 0 Å². The summed E-state index contributed by atoms with van der Waals surface area (Å²) in [6, 6.07) is 31.8. The fourth-order valence-electron chi connectivity index (χ4n) is 7.32. The summed E-state index contributed by atoms with van der Waals surface area (Å²) < 4.78 is 11.5. The van der Waals surface area contributed by atoms with Crippen LogP contribution in [0.3, 0.4) is 0 Å². The van der Waals surface area contributed by atoms with Crippen molar-refractivity contribution in [3.8, 4) is 28.0 Å². The Kier molecular flexibility index (Phi) is 11.4. The zero-order valence-corrected chi connectivity index (χ0v) is 29.5. The lowest BCUT2D eigenvalue weighted by Gasteiger charge is -2.37. The number of piperazine rings is 1. The first-order valence-corrected chi connectivity index (χ1v) is 18.3. The Morgan fingerprint density at radius 2 is 1.31 bits per heavy atom. The largest absolute Gasteiger partial charge is 0.490 e. The molecule has 1 aromatic heterocycles. The summed E-state index contributed by atoms with van der Waals surface area (Å²) in [4.78, 5) is 24.4. The van der Waals surface area contributed by atoms with Crippen molar-refractivity contribution >= 4 is 28.9 Å². The Balaban J connectivity index is 0.864. The van der Waals surface area contributed by atoms with E-state index in [0.717, 1.165) is 86.0 Å². The van der Waals surface area contributed by atoms with E-state index in [1.165, 1.54) is 49.2 Å². The zero-order chi connectivity index (χ0) is 34.8. The maximum absolute atomic E-state index is 10.8. The first-order valence-electron chi connectivity index (χ1n) is 18.3. The van der Waals surface area contributed by atoms with Gasteiger partial charge in [0.1, 0.15) is 22.9 Å². The van der Waals surface area contributed by atoms with Crippen molar-refractivity contribution in [2.24, 2.45) is 0 Å². The van der Waals surface area contributed by atoms with Gasteiger partial charge < -0.3 is 29.0 Å². The second-order valence-electron chi connectivity index (χ2n) is 13.5. The number of aromatic nitrogens is 3. The Morgan fingerprint density at radius 3 is 1.96 bits per heavy atom. The summed E-state index contributed by atoms with van der Waals surface area (Å²) in [5, 5.41) is 8.16. The molecule has 266 valence electrons. The predicted octanol–water partition coefficient (Wildman–Crippen LogP) is 6.73. The molecule has 2 saturated heterocycles. The lowest BCUT2D eigenvalue weighted by atomic mass is 9.99. The van der Waals surface area contributed by atoms with Gasteiger partial charge in [0, 0.05) is 69.9 Å². The zero-order valence-electron chi connectivity index (χ0n) is 29.5. The van der Waals surface area contributed by atoms with Gasteiger partial charge >= 0.3 is 6.47 Å². The quantitative estimate of drug-likeness (QED) is 0.0676. The van der Waals surface area contributed by atoms with Gasteiger partial charge in [-0.05, 0) is 96.6 Å². The molecule has 7 rings (SSSR count). The number of benzene rings is 4. The maximum atomic E-state index is 10.8. The van der Waals surface area contributed by atoms with E-state index >= 15 is 0 Å². The highest BCUT2D eigenvalue weighted by Crippen LogP contribution is 2.31. The van der Waals surface area contributed by atoms with Crippen molar-refractivity contribution in [2.75, 3.05) is 69.3 Å². The van der Waals surface area contributed by atoms with Crippen LogP contribution in [0.2, 0.25) is 0 Å². The molecule has 0 amide bonds. The number of methoxy groups -OCH3 is 1. The molecular weight excluding hydrogens is 640 g/mol. The number of rotatable bonds is 15. The van der Waals surface area contributed by atoms with Crippen LogP contribution in [-0.2, 0) is 9.53 Å². The third-order valence-corrected chi connectivity index (χ3v) is 10.2. The van der Waals surface area contributed by atoms with Crippen molar-refractivity contribution < 1.29 is 19.1 Å². The standard InChI is InChI=1S/C41H48N6O4/c1-49-30-5-3-2-4-23-44-24-21-38(22-25-44)51-37-19-17-36(18-20-37)46-28-26-45(27-29-46)35-15-13-33(14-16-35)32-9-11-34(12-10-32)39-7-6-8-40-41(39)42-43-47(40)50-31-48/h6-20,31,38H,2-5,21-30H2,1H3. The number of fused-ring (bicyclic) bond motifs is 1. The highest BCUT2D eigenvalue weighted by molar-refractivity contribution is 5.92. The number of ether oxygens (including phenoxy) is 2. The molecule has 10 nitrogen and oxygen atoms in total. The van der Waals surface area contributed by atoms with Crippen LogP contribution in [-0.4, -0.2) is 92.2 Å². The molecule has 0 bridgehead atoms. The van der Waals surface area contributed by atoms with Gasteiger partial charge in [0.05, 0.1) is 0 Å². The number of carbonyl (C=O) groups excluding carboxylic acids is 1. The summed E-state index contributed by atoms with van der Waals surface area (Å²) in [5.41, 5.74) is 8.10. The van der Waals surface area contributed by atoms with Crippen molar-refractivity contribution in [2.45, 2.75) is 44.6 Å². The van der Waals surface area contributed by atoms with Gasteiger partial charge in [-0.15, -0.1) is 5.10 Å². The molecule has 0 spiro atoms. The Labute approximate surface area is 300 Å². The summed E-state index contributed by atoms with van der Waals surface area (Å²) in [7, 11) is 1.78. The fourth-order valence-corrected chi connectivity index (χ4v) is 7.32. The van der Waals surface area contributed by atoms with E-state index in [4.69, 9.17) is 14.3 Å². The van der Waals surface area contributed by atoms with Gasteiger partial charge in [0.15, 0.2) is 0 Å². The third kappa shape index (κ3) is 8.52. The van der Waals surface area contributed by atoms with Crippen LogP contribution >= 0.6 is 0 Å². The van der Waals surface area contributed by atoms with Crippen LogP contribution < -0.4 is 19.4 Å². The summed E-state index contributed by atoms with van der Waals surface area (Å²) >= 11 is 0. The van der Waals surface area contributed by atoms with Crippen molar-refractivity contribution in [3.05, 3.63) is 91.0 Å². The Hall–Kier alpha value is -4.93. The molecule has 10 heteroatoms. The highest BCUT2D eigenvalue weighted by Gasteiger charge is 2.21. The van der Waals surface area contributed by atoms with Gasteiger partial charge in [-0.3, -0.25) is 4.79 Å². The number of unbranched alkanes of at least 4 members (excludes halogenated alkanes) is 3. The lowest BCUT2D eigenvalue weighted by molar-refractivity contribution is -0.130. The van der Waals surface area contributed by atoms with Gasteiger partial charge in [-0.25, -0.2) is 0 Å². The lowest BCUT2D eigenvalue weighted by Crippen LogP contribution is -2.46. The van der Waals surface area contributed by atoms with E-state index in [-0.39, 0.29) is 0 Å². The Morgan fingerprint density at radius 1 is 0.706 bits per heavy atom. The molecule has 0 unspecified atom stereocenters. The van der Waals surface area contributed by atoms with Crippen LogP contribution in [0.4, 0.5) is 11.4 Å². The molecule has 51 heavy (non-hydrogen) atoms. The van der Waals surface area contributed by atoms with Crippen LogP contribution in [0.5, 0.6) is 5.75 Å². The number of hydrogen-bond acceptors (Lipinski definition) is 9. The molecule has 0 radical (unpaired) electrons. The van der Waals surface area contributed by atoms with Crippen LogP contribution in [0.15, 0.2) is 91.0 Å². The topological polar surface area (TPSA) is 85.2 Å². The molecule has 0 atom stereocenters. The molecule has 0 aliphatic carbocycles. The number of carbonyl (C=O) groups is 1. The molecule has 0 saturated carbocycles. The number of hydrogen-bond donors (Lipinski definition) is 0. The maximum Gasteiger partial charge on any atom is 0.323 e. The minimum atomic E-state index is 0.310. The molecule has 4 aromatic carbocycles. The number of piperidine rings is 1. The summed E-state index contributed by atoms with van der Waals surface area (Å²) in [6.45, 7) is 8.61. The highest BCUT2D eigenvalue weighted by atomic mass is 16.7. The van der Waals surface area contributed by atoms with Gasteiger partial charge in [0.25, 0.3) is 0 Å². The van der Waals surface area contributed by atoms with E-state index in [2.05, 4.69) is 97.8 Å². The normalized spacial score (nSPS) is 15.7. The second kappa shape index (κ2) is 16.9. The number of anilines is 2. The van der Waals surface area contributed by atoms with Crippen molar-refractivity contribution in [1.29, 1.82) is 0 Å². The molecule has 5 aromatic rings. The number of nitrogens with zero attached hydrogens (tertiary/aromatic N) is 6. The third-order valence-electron chi connectivity index (χ3n) is 10.2. The molecule has 0 N–H and O–H groups in total. The van der Waals surface area contributed by atoms with E-state index in [9.17, 15) is 4.79 Å². The van der Waals surface area contributed by atoms with Gasteiger partial charge in [-0.1, -0.05) is 66.2 Å². The SMILES string of the molecule is COCCCCCCN1CCC(Oc2ccc(N3CCN(c4ccc(-c5ccc(-c6cccc7c6nnn7OC=O)cc5)cc4)CC3)cc2)CC1. The van der Waals surface area contributed by atoms with Crippen LogP contribution in [0.1, 0.15) is 38.5 Å². The number of likely N-dealkylation sites (tertiary alicyclic amines) is 1. The predicted molar refractivity (Wildman–Crippen MR) is 202 cm³/mol. The minimum Gasteiger partial charge on any atom is -0.490 e. The average molecular weight is 689 g/mol. The summed E-state index contributed by atoms with van der Waals surface area (Å²) in [5.74, 6) is 0.983. The molecule has 2 fully saturated rings. The fraction of sp³-hybridized carbons (Fsp3) is 0.390. The van der Waals surface area contributed by atoms with Crippen LogP contribution in [0, 0.1) is 0 Å². The second-order valence-corrected chi connectivity index (χ2v) is 13.5. The molecule has 2 aliphatic rings. The van der Waals surface area contributed by atoms with Crippen LogP contribution in [0.25, 0.3) is 33.3 Å². The smallest absolute Gasteiger partial charge is 0.323 e. The first-order chi connectivity index (χ1) is 25.2. The average Bonchev–Trinajstić information content (AvgIpc) is 3.60. The molecule has 2 aliphatic heterocycles. The van der Waals surface area contributed by atoms with Crippen molar-refractivity contribution in [1.82, 2.24) is 20.1 Å². The van der Waals surface area contributed by atoms with E-state index in [0.29, 0.717) is 23.6 Å². The monoisotopic (exact) mass is 688 g/mol. The molecule has 3 heterocycles. The minimum absolute atomic E-state index is 0.310. The van der Waals surface area contributed by atoms with E-state index in [1.807, 2.05) is 18.2 Å². The first kappa shape index (κ1) is 34.5. The van der Waals surface area contributed by atoms with Gasteiger partial charge in [-0.2, -0.15) is 0 Å². The molecular formula is C41H48N6O4. The summed E-state index contributed by atoms with van der Waals surface area (Å²) in [6.07, 6.45) is 7.53. The van der Waals surface area contributed by atoms with E-state index in [1.54, 1.807) is 7.11 Å². The Bertz CT molecular complexity index is 1830.